The maximum atomic E-state index is 12.2. The number of amides is 1. The van der Waals surface area contributed by atoms with Gasteiger partial charge in [0.25, 0.3) is 0 Å². The van der Waals surface area contributed by atoms with Crippen molar-refractivity contribution in [3.05, 3.63) is 39.3 Å². The van der Waals surface area contributed by atoms with Gasteiger partial charge < -0.3 is 15.4 Å². The van der Waals surface area contributed by atoms with E-state index in [1.54, 1.807) is 13.8 Å². The van der Waals surface area contributed by atoms with Crippen LogP contribution >= 0.6 is 0 Å². The maximum Gasteiger partial charge on any atom is 0.390 e. The van der Waals surface area contributed by atoms with E-state index in [1.807, 2.05) is 24.7 Å². The van der Waals surface area contributed by atoms with Crippen LogP contribution in [0.2, 0.25) is 0 Å². The fraction of sp³-hybridized carbons (Fsp3) is 0.533. The Bertz CT molecular complexity index is 748. The Hall–Kier alpha value is -2.71. The highest BCUT2D eigenvalue weighted by molar-refractivity contribution is 5.78. The van der Waals surface area contributed by atoms with Crippen molar-refractivity contribution in [1.82, 2.24) is 24.9 Å². The number of carbonyl (C=O) groups excluding carboxylic acids is 1. The Balaban J connectivity index is 1.94. The summed E-state index contributed by atoms with van der Waals surface area (Å²) in [6.07, 6.45) is 1.92. The van der Waals surface area contributed by atoms with Crippen LogP contribution in [0.15, 0.2) is 12.3 Å². The van der Waals surface area contributed by atoms with Crippen molar-refractivity contribution in [1.29, 1.82) is 0 Å². The smallest absolute Gasteiger partial charge is 0.358 e. The Labute approximate surface area is 139 Å². The van der Waals surface area contributed by atoms with Crippen molar-refractivity contribution in [2.75, 3.05) is 0 Å². The molecule has 1 unspecified atom stereocenters. The van der Waals surface area contributed by atoms with Crippen LogP contribution in [0.1, 0.15) is 30.8 Å². The number of nitrogens with one attached hydrogen (secondary N) is 1. The van der Waals surface area contributed by atoms with Gasteiger partial charge in [-0.1, -0.05) is 6.92 Å². The van der Waals surface area contributed by atoms with Crippen molar-refractivity contribution in [2.24, 2.45) is 5.92 Å². The van der Waals surface area contributed by atoms with Gasteiger partial charge in [-0.05, 0) is 25.7 Å². The molecule has 2 heterocycles. The van der Waals surface area contributed by atoms with Crippen LogP contribution in [0.5, 0.6) is 0 Å². The number of aromatic nitrogens is 4. The van der Waals surface area contributed by atoms with Gasteiger partial charge in [-0.3, -0.25) is 9.48 Å². The van der Waals surface area contributed by atoms with Crippen molar-refractivity contribution in [3.63, 3.8) is 0 Å². The quantitative estimate of drug-likeness (QED) is 0.611. The first-order valence-corrected chi connectivity index (χ1v) is 7.81. The normalized spacial score (nSPS) is 12.2. The van der Waals surface area contributed by atoms with Gasteiger partial charge in [-0.2, -0.15) is 9.78 Å². The molecule has 130 valence electrons. The van der Waals surface area contributed by atoms with Crippen LogP contribution in [0.25, 0.3) is 0 Å². The third-order valence-electron chi connectivity index (χ3n) is 3.87. The lowest BCUT2D eigenvalue weighted by molar-refractivity contribution is -0.389. The van der Waals surface area contributed by atoms with Crippen LogP contribution in [-0.2, 0) is 24.4 Å². The van der Waals surface area contributed by atoms with E-state index in [2.05, 4.69) is 15.5 Å². The number of aryl methyl sites for hydroxylation is 3. The molecule has 1 amide bonds. The molecule has 9 nitrogen and oxygen atoms in total. The predicted octanol–water partition coefficient (Wildman–Crippen LogP) is 1.58. The third kappa shape index (κ3) is 3.98. The van der Waals surface area contributed by atoms with Gasteiger partial charge in [0.15, 0.2) is 0 Å². The molecule has 0 bridgehead atoms. The van der Waals surface area contributed by atoms with Crippen molar-refractivity contribution < 1.29 is 9.72 Å². The minimum absolute atomic E-state index is 0.129. The SMILES string of the molecule is CCn1cc(CNC(=O)C(C)Cn2nc([N+](=O)[O-])cc2C)c(C)n1. The average molecular weight is 334 g/mol. The molecule has 1 N–H and O–H groups in total. The van der Waals surface area contributed by atoms with Gasteiger partial charge in [0.2, 0.25) is 5.91 Å². The predicted molar refractivity (Wildman–Crippen MR) is 87.3 cm³/mol. The molecule has 1 atom stereocenters. The fourth-order valence-electron chi connectivity index (χ4n) is 2.36. The lowest BCUT2D eigenvalue weighted by Gasteiger charge is -2.11. The van der Waals surface area contributed by atoms with E-state index in [1.165, 1.54) is 10.7 Å². The number of rotatable bonds is 7. The second kappa shape index (κ2) is 7.24. The van der Waals surface area contributed by atoms with Gasteiger partial charge in [0.1, 0.15) is 0 Å². The first kappa shape index (κ1) is 17.6. The zero-order chi connectivity index (χ0) is 17.9. The van der Waals surface area contributed by atoms with Crippen molar-refractivity contribution in [2.45, 2.75) is 47.3 Å². The highest BCUT2D eigenvalue weighted by atomic mass is 16.6. The molecule has 0 saturated heterocycles. The van der Waals surface area contributed by atoms with E-state index in [4.69, 9.17) is 0 Å². The van der Waals surface area contributed by atoms with E-state index in [-0.39, 0.29) is 17.6 Å². The molecule has 0 aromatic carbocycles. The summed E-state index contributed by atoms with van der Waals surface area (Å²) >= 11 is 0. The first-order chi connectivity index (χ1) is 11.3. The van der Waals surface area contributed by atoms with Gasteiger partial charge in [-0.25, -0.2) is 0 Å². The van der Waals surface area contributed by atoms with Gasteiger partial charge in [0, 0.05) is 24.8 Å². The zero-order valence-corrected chi connectivity index (χ0v) is 14.3. The lowest BCUT2D eigenvalue weighted by atomic mass is 10.1. The molecular formula is C15H22N6O3. The summed E-state index contributed by atoms with van der Waals surface area (Å²) in [6.45, 7) is 8.89. The highest BCUT2D eigenvalue weighted by Crippen LogP contribution is 2.13. The number of carbonyl (C=O) groups is 1. The first-order valence-electron chi connectivity index (χ1n) is 7.81. The standard InChI is InChI=1S/C15H22N6O3/c1-5-19-9-13(12(4)17-19)7-16-15(22)10(2)8-20-11(3)6-14(18-20)21(23)24/h6,9-10H,5,7-8H2,1-4H3,(H,16,22). The summed E-state index contributed by atoms with van der Waals surface area (Å²) in [5.41, 5.74) is 2.52. The highest BCUT2D eigenvalue weighted by Gasteiger charge is 2.20. The summed E-state index contributed by atoms with van der Waals surface area (Å²) in [4.78, 5) is 22.5. The zero-order valence-electron chi connectivity index (χ0n) is 14.3. The second-order valence-corrected chi connectivity index (χ2v) is 5.80. The molecule has 2 rings (SSSR count). The monoisotopic (exact) mass is 334 g/mol. The summed E-state index contributed by atoms with van der Waals surface area (Å²) in [5, 5.41) is 21.9. The summed E-state index contributed by atoms with van der Waals surface area (Å²) in [5.74, 6) is -0.691. The number of hydrogen-bond acceptors (Lipinski definition) is 5. The molecule has 0 aliphatic carbocycles. The Morgan fingerprint density at radius 3 is 2.67 bits per heavy atom. The van der Waals surface area contributed by atoms with Crippen LogP contribution < -0.4 is 5.32 Å². The van der Waals surface area contributed by atoms with Crippen LogP contribution in [0, 0.1) is 29.9 Å². The summed E-state index contributed by atoms with van der Waals surface area (Å²) < 4.78 is 3.31. The Morgan fingerprint density at radius 2 is 2.12 bits per heavy atom. The molecule has 2 aromatic rings. The van der Waals surface area contributed by atoms with E-state index in [0.717, 1.165) is 17.8 Å². The largest absolute Gasteiger partial charge is 0.390 e. The topological polar surface area (TPSA) is 108 Å². The molecule has 0 radical (unpaired) electrons. The van der Waals surface area contributed by atoms with E-state index < -0.39 is 4.92 Å². The molecular weight excluding hydrogens is 312 g/mol. The molecule has 0 aliphatic rings. The molecule has 0 spiro atoms. The number of hydrogen-bond donors (Lipinski definition) is 1. The molecule has 9 heteroatoms. The van der Waals surface area contributed by atoms with Gasteiger partial charge in [0.05, 0.1) is 35.0 Å². The summed E-state index contributed by atoms with van der Waals surface area (Å²) in [7, 11) is 0. The van der Waals surface area contributed by atoms with E-state index in [0.29, 0.717) is 18.8 Å². The maximum absolute atomic E-state index is 12.2. The summed E-state index contributed by atoms with van der Waals surface area (Å²) in [6, 6.07) is 1.40. The van der Waals surface area contributed by atoms with E-state index in [9.17, 15) is 14.9 Å². The molecule has 0 aliphatic heterocycles. The molecule has 24 heavy (non-hydrogen) atoms. The fourth-order valence-corrected chi connectivity index (χ4v) is 2.36. The van der Waals surface area contributed by atoms with Gasteiger partial charge in [-0.15, -0.1) is 0 Å². The Morgan fingerprint density at radius 1 is 1.42 bits per heavy atom. The van der Waals surface area contributed by atoms with Crippen molar-refractivity contribution in [3.8, 4) is 0 Å². The average Bonchev–Trinajstić information content (AvgIpc) is 3.08. The number of nitrogens with zero attached hydrogens (tertiary/aromatic N) is 5. The Kier molecular flexibility index (Phi) is 5.32. The molecule has 0 fully saturated rings. The second-order valence-electron chi connectivity index (χ2n) is 5.80. The molecule has 2 aromatic heterocycles. The van der Waals surface area contributed by atoms with Gasteiger partial charge >= 0.3 is 5.82 Å². The van der Waals surface area contributed by atoms with Crippen LogP contribution in [-0.4, -0.2) is 30.4 Å². The van der Waals surface area contributed by atoms with Crippen LogP contribution in [0.4, 0.5) is 5.82 Å². The number of nitro groups is 1. The van der Waals surface area contributed by atoms with Crippen LogP contribution in [0.3, 0.4) is 0 Å². The van der Waals surface area contributed by atoms with E-state index >= 15 is 0 Å². The third-order valence-corrected chi connectivity index (χ3v) is 3.87. The van der Waals surface area contributed by atoms with Crippen molar-refractivity contribution >= 4 is 11.7 Å². The minimum Gasteiger partial charge on any atom is -0.358 e. The lowest BCUT2D eigenvalue weighted by Crippen LogP contribution is -2.31. The molecule has 0 saturated carbocycles. The minimum atomic E-state index is -0.539.